The lowest BCUT2D eigenvalue weighted by Crippen LogP contribution is -1.98. The number of hydrogen-bond donors (Lipinski definition) is 1. The third-order valence-corrected chi connectivity index (χ3v) is 2.49. The van der Waals surface area contributed by atoms with Crippen molar-refractivity contribution in [2.24, 2.45) is 0 Å². The van der Waals surface area contributed by atoms with Crippen molar-refractivity contribution in [3.8, 4) is 23.4 Å². The van der Waals surface area contributed by atoms with Gasteiger partial charge in [-0.05, 0) is 24.3 Å². The fraction of sp³-hybridized carbons (Fsp3) is 0.0714. The number of nitrogens with zero attached hydrogens (tertiary/aromatic N) is 2. The van der Waals surface area contributed by atoms with Crippen LogP contribution in [-0.4, -0.2) is 23.2 Å². The van der Waals surface area contributed by atoms with Gasteiger partial charge in [0.1, 0.15) is 6.07 Å². The predicted octanol–water partition coefficient (Wildman–Crippen LogP) is 2.45. The minimum atomic E-state index is -1.05. The molecule has 0 aliphatic carbocycles. The van der Waals surface area contributed by atoms with E-state index < -0.39 is 5.97 Å². The predicted molar refractivity (Wildman–Crippen MR) is 69.0 cm³/mol. The SMILES string of the molecule is COc1cc(C(=O)O)ccc1Oc1ccc(C#N)cn1. The summed E-state index contributed by atoms with van der Waals surface area (Å²) in [5, 5.41) is 17.6. The van der Waals surface area contributed by atoms with Gasteiger partial charge in [-0.2, -0.15) is 5.26 Å². The number of aromatic carboxylic acids is 1. The fourth-order valence-electron chi connectivity index (χ4n) is 1.50. The molecule has 2 aromatic rings. The van der Waals surface area contributed by atoms with Gasteiger partial charge in [0.25, 0.3) is 0 Å². The van der Waals surface area contributed by atoms with Gasteiger partial charge in [0, 0.05) is 12.3 Å². The average Bonchev–Trinajstić information content (AvgIpc) is 2.48. The first-order valence-corrected chi connectivity index (χ1v) is 5.59. The molecule has 0 saturated heterocycles. The van der Waals surface area contributed by atoms with Crippen LogP contribution in [0.3, 0.4) is 0 Å². The Morgan fingerprint density at radius 2 is 2.10 bits per heavy atom. The van der Waals surface area contributed by atoms with Crippen molar-refractivity contribution in [2.75, 3.05) is 7.11 Å². The summed E-state index contributed by atoms with van der Waals surface area (Å²) in [6, 6.07) is 9.32. The van der Waals surface area contributed by atoms with E-state index in [1.807, 2.05) is 6.07 Å². The van der Waals surface area contributed by atoms with Crippen molar-refractivity contribution < 1.29 is 19.4 Å². The highest BCUT2D eigenvalue weighted by Crippen LogP contribution is 2.31. The van der Waals surface area contributed by atoms with Gasteiger partial charge in [0.15, 0.2) is 11.5 Å². The Labute approximate surface area is 114 Å². The number of ether oxygens (including phenoxy) is 2. The molecule has 1 aromatic heterocycles. The second kappa shape index (κ2) is 5.71. The lowest BCUT2D eigenvalue weighted by molar-refractivity contribution is 0.0696. The summed E-state index contributed by atoms with van der Waals surface area (Å²) >= 11 is 0. The first kappa shape index (κ1) is 13.4. The molecule has 6 heteroatoms. The summed E-state index contributed by atoms with van der Waals surface area (Å²) < 4.78 is 10.6. The number of aromatic nitrogens is 1. The molecule has 0 aliphatic rings. The Bertz CT molecular complexity index is 675. The Morgan fingerprint density at radius 1 is 1.30 bits per heavy atom. The molecule has 6 nitrogen and oxygen atoms in total. The summed E-state index contributed by atoms with van der Waals surface area (Å²) in [5.41, 5.74) is 0.521. The Kier molecular flexibility index (Phi) is 3.82. The van der Waals surface area contributed by atoms with Crippen LogP contribution in [0.25, 0.3) is 0 Å². The zero-order valence-electron chi connectivity index (χ0n) is 10.5. The molecule has 1 heterocycles. The smallest absolute Gasteiger partial charge is 0.335 e. The number of hydrogen-bond acceptors (Lipinski definition) is 5. The highest BCUT2D eigenvalue weighted by Gasteiger charge is 2.11. The molecule has 0 spiro atoms. The molecule has 20 heavy (non-hydrogen) atoms. The van der Waals surface area contributed by atoms with Gasteiger partial charge in [-0.3, -0.25) is 0 Å². The van der Waals surface area contributed by atoms with Crippen LogP contribution >= 0.6 is 0 Å². The van der Waals surface area contributed by atoms with Crippen LogP contribution in [0.5, 0.6) is 17.4 Å². The number of carbonyl (C=O) groups is 1. The summed E-state index contributed by atoms with van der Waals surface area (Å²) in [4.78, 5) is 14.8. The van der Waals surface area contributed by atoms with Crippen LogP contribution in [0.1, 0.15) is 15.9 Å². The van der Waals surface area contributed by atoms with E-state index in [-0.39, 0.29) is 17.2 Å². The van der Waals surface area contributed by atoms with E-state index in [2.05, 4.69) is 4.98 Å². The molecule has 0 aliphatic heterocycles. The van der Waals surface area contributed by atoms with Crippen molar-refractivity contribution in [3.05, 3.63) is 47.7 Å². The zero-order chi connectivity index (χ0) is 14.5. The number of nitriles is 1. The number of methoxy groups -OCH3 is 1. The maximum atomic E-state index is 10.9. The molecule has 2 rings (SSSR count). The fourth-order valence-corrected chi connectivity index (χ4v) is 1.50. The van der Waals surface area contributed by atoms with Crippen molar-refractivity contribution in [3.63, 3.8) is 0 Å². The van der Waals surface area contributed by atoms with E-state index in [4.69, 9.17) is 19.8 Å². The van der Waals surface area contributed by atoms with Gasteiger partial charge >= 0.3 is 5.97 Å². The van der Waals surface area contributed by atoms with Gasteiger partial charge in [-0.15, -0.1) is 0 Å². The third kappa shape index (κ3) is 2.84. The number of carboxylic acid groups (broad SMARTS) is 1. The molecular weight excluding hydrogens is 260 g/mol. The second-order valence-electron chi connectivity index (χ2n) is 3.77. The van der Waals surface area contributed by atoms with Gasteiger partial charge in [0.05, 0.1) is 18.2 Å². The molecule has 0 saturated carbocycles. The van der Waals surface area contributed by atoms with Crippen molar-refractivity contribution >= 4 is 5.97 Å². The van der Waals surface area contributed by atoms with E-state index in [1.165, 1.54) is 31.5 Å². The maximum Gasteiger partial charge on any atom is 0.335 e. The van der Waals surface area contributed by atoms with E-state index in [1.54, 1.807) is 12.1 Å². The molecule has 0 bridgehead atoms. The highest BCUT2D eigenvalue weighted by molar-refractivity contribution is 5.88. The third-order valence-electron chi connectivity index (χ3n) is 2.49. The van der Waals surface area contributed by atoms with Gasteiger partial charge in [0.2, 0.25) is 5.88 Å². The first-order valence-electron chi connectivity index (χ1n) is 5.59. The Morgan fingerprint density at radius 3 is 2.65 bits per heavy atom. The normalized spacial score (nSPS) is 9.60. The van der Waals surface area contributed by atoms with Crippen LogP contribution in [0.2, 0.25) is 0 Å². The van der Waals surface area contributed by atoms with Gasteiger partial charge in [-0.1, -0.05) is 0 Å². The lowest BCUT2D eigenvalue weighted by Gasteiger charge is -2.10. The second-order valence-corrected chi connectivity index (χ2v) is 3.77. The topological polar surface area (TPSA) is 92.4 Å². The molecule has 100 valence electrons. The molecule has 0 atom stereocenters. The standard InChI is InChI=1S/C14H10N2O4/c1-19-12-6-10(14(17)18)3-4-11(12)20-13-5-2-9(7-15)8-16-13/h2-6,8H,1H3,(H,17,18). The molecule has 0 amide bonds. The molecule has 1 N–H and O–H groups in total. The molecule has 0 unspecified atom stereocenters. The van der Waals surface area contributed by atoms with Crippen molar-refractivity contribution in [1.29, 1.82) is 5.26 Å². The molecule has 1 aromatic carbocycles. The lowest BCUT2D eigenvalue weighted by atomic mass is 10.2. The Balaban J connectivity index is 2.28. The van der Waals surface area contributed by atoms with Crippen molar-refractivity contribution in [1.82, 2.24) is 4.98 Å². The summed E-state index contributed by atoms with van der Waals surface area (Å²) in [5.74, 6) is -0.137. The van der Waals surface area contributed by atoms with Crippen molar-refractivity contribution in [2.45, 2.75) is 0 Å². The quantitative estimate of drug-likeness (QED) is 0.917. The largest absolute Gasteiger partial charge is 0.493 e. The van der Waals surface area contributed by atoms with E-state index >= 15 is 0 Å². The number of pyridine rings is 1. The minimum Gasteiger partial charge on any atom is -0.493 e. The number of benzene rings is 1. The van der Waals surface area contributed by atoms with Crippen LogP contribution in [0, 0.1) is 11.3 Å². The summed E-state index contributed by atoms with van der Waals surface area (Å²) in [6.07, 6.45) is 1.38. The number of carboxylic acids is 1. The van der Waals surface area contributed by atoms with Crippen LogP contribution in [0.15, 0.2) is 36.5 Å². The highest BCUT2D eigenvalue weighted by atomic mass is 16.5. The van der Waals surface area contributed by atoms with Gasteiger partial charge < -0.3 is 14.6 Å². The van der Waals surface area contributed by atoms with Crippen LogP contribution in [-0.2, 0) is 0 Å². The monoisotopic (exact) mass is 270 g/mol. The average molecular weight is 270 g/mol. The van der Waals surface area contributed by atoms with E-state index in [9.17, 15) is 4.79 Å². The molecular formula is C14H10N2O4. The van der Waals surface area contributed by atoms with Crippen LogP contribution in [0.4, 0.5) is 0 Å². The first-order chi connectivity index (χ1) is 9.63. The summed E-state index contributed by atoms with van der Waals surface area (Å²) in [6.45, 7) is 0. The summed E-state index contributed by atoms with van der Waals surface area (Å²) in [7, 11) is 1.42. The zero-order valence-corrected chi connectivity index (χ0v) is 10.5. The van der Waals surface area contributed by atoms with Crippen LogP contribution < -0.4 is 9.47 Å². The molecule has 0 fully saturated rings. The molecule has 0 radical (unpaired) electrons. The minimum absolute atomic E-state index is 0.0991. The van der Waals surface area contributed by atoms with E-state index in [0.29, 0.717) is 11.3 Å². The number of rotatable bonds is 4. The van der Waals surface area contributed by atoms with E-state index in [0.717, 1.165) is 0 Å². The van der Waals surface area contributed by atoms with Gasteiger partial charge in [-0.25, -0.2) is 9.78 Å². The maximum absolute atomic E-state index is 10.9. The Hall–Kier alpha value is -3.07.